The molecule has 1 unspecified atom stereocenters. The van der Waals surface area contributed by atoms with Gasteiger partial charge in [0, 0.05) is 63.8 Å². The molecule has 1 amide bonds. The molecule has 0 bridgehead atoms. The highest BCUT2D eigenvalue weighted by molar-refractivity contribution is 6.07. The lowest BCUT2D eigenvalue weighted by molar-refractivity contribution is -0.133. The molecule has 3 fully saturated rings. The number of aliphatic hydroxyl groups is 1. The van der Waals surface area contributed by atoms with E-state index in [1.54, 1.807) is 4.90 Å². The van der Waals surface area contributed by atoms with E-state index >= 15 is 0 Å². The number of Topliss-reactive ketones (excluding diaryl/α,β-unsaturated/α-hetero) is 2. The molecule has 0 spiro atoms. The van der Waals surface area contributed by atoms with Gasteiger partial charge in [-0.2, -0.15) is 0 Å². The van der Waals surface area contributed by atoms with Crippen molar-refractivity contribution >= 4 is 29.0 Å². The number of piperazine rings is 1. The highest BCUT2D eigenvalue weighted by Crippen LogP contribution is 2.47. The molecule has 4 aromatic rings. The average molecular weight is 740 g/mol. The summed E-state index contributed by atoms with van der Waals surface area (Å²) in [6, 6.07) is 28.9. The number of anilines is 2. The van der Waals surface area contributed by atoms with Crippen molar-refractivity contribution in [2.45, 2.75) is 75.0 Å². The number of carbonyl (C=O) groups excluding carboxylic acids is 3. The molecule has 0 radical (unpaired) electrons. The van der Waals surface area contributed by atoms with Crippen molar-refractivity contribution in [3.05, 3.63) is 118 Å². The maximum atomic E-state index is 13.1. The van der Waals surface area contributed by atoms with Gasteiger partial charge in [0.2, 0.25) is 0 Å². The van der Waals surface area contributed by atoms with Gasteiger partial charge in [-0.1, -0.05) is 48.5 Å². The van der Waals surface area contributed by atoms with Gasteiger partial charge in [0.25, 0.3) is 5.91 Å². The molecule has 9 rings (SSSR count). The van der Waals surface area contributed by atoms with Crippen molar-refractivity contribution < 1.29 is 24.6 Å². The van der Waals surface area contributed by atoms with Crippen LogP contribution < -0.4 is 9.80 Å². The summed E-state index contributed by atoms with van der Waals surface area (Å²) in [5.41, 5.74) is 6.86. The number of amides is 1. The summed E-state index contributed by atoms with van der Waals surface area (Å²) >= 11 is 0. The number of benzene rings is 3. The van der Waals surface area contributed by atoms with Gasteiger partial charge >= 0.3 is 0 Å². The van der Waals surface area contributed by atoms with E-state index in [2.05, 4.69) is 75.4 Å². The second-order valence-corrected chi connectivity index (χ2v) is 16.3. The number of nitrogens with zero attached hydrogens (tertiary/aromatic N) is 5. The minimum atomic E-state index is -0.740. The molecule has 10 heteroatoms. The number of ketones is 2. The number of aromatic nitrogens is 1. The summed E-state index contributed by atoms with van der Waals surface area (Å²) < 4.78 is 0. The Morgan fingerprint density at radius 1 is 0.764 bits per heavy atom. The SMILES string of the molecule is O=C1CCC(N2Cc3nc(N4CCN(CC5(O)CCN(c6ccc([C@@H]7c8ccc(O)cc8CC[C@@H]7c7ccccc7)cc6)CC5)CC4)ccc3C2=O)C(=O)C1. The first kappa shape index (κ1) is 35.6. The van der Waals surface area contributed by atoms with Gasteiger partial charge in [0.05, 0.1) is 35.9 Å². The van der Waals surface area contributed by atoms with E-state index in [0.29, 0.717) is 61.7 Å². The summed E-state index contributed by atoms with van der Waals surface area (Å²) in [6.07, 6.45) is 4.05. The number of hydrogen-bond acceptors (Lipinski definition) is 9. The van der Waals surface area contributed by atoms with Crippen LogP contribution in [0.3, 0.4) is 0 Å². The molecule has 2 N–H and O–H groups in total. The fraction of sp³-hybridized carbons (Fsp3) is 0.422. The smallest absolute Gasteiger partial charge is 0.256 e. The van der Waals surface area contributed by atoms with Gasteiger partial charge in [-0.15, -0.1) is 0 Å². The Morgan fingerprint density at radius 3 is 2.27 bits per heavy atom. The molecule has 2 aliphatic carbocycles. The van der Waals surface area contributed by atoms with E-state index in [0.717, 1.165) is 57.9 Å². The maximum Gasteiger partial charge on any atom is 0.256 e. The second kappa shape index (κ2) is 14.5. The predicted octanol–water partition coefficient (Wildman–Crippen LogP) is 5.45. The predicted molar refractivity (Wildman–Crippen MR) is 211 cm³/mol. The Labute approximate surface area is 322 Å². The van der Waals surface area contributed by atoms with Crippen LogP contribution in [-0.4, -0.2) is 99.9 Å². The Balaban J connectivity index is 0.796. The Hall–Kier alpha value is -5.06. The fourth-order valence-corrected chi connectivity index (χ4v) is 9.87. The average Bonchev–Trinajstić information content (AvgIpc) is 3.53. The zero-order valence-corrected chi connectivity index (χ0v) is 31.3. The lowest BCUT2D eigenvalue weighted by atomic mass is 9.69. The summed E-state index contributed by atoms with van der Waals surface area (Å²) in [5.74, 6) is 1.35. The molecule has 10 nitrogen and oxygen atoms in total. The number of pyridine rings is 1. The third kappa shape index (κ3) is 7.02. The molecular weight excluding hydrogens is 691 g/mol. The van der Waals surface area contributed by atoms with Crippen LogP contribution in [0, 0.1) is 0 Å². The number of carbonyl (C=O) groups is 3. The molecular formula is C45H49N5O5. The van der Waals surface area contributed by atoms with Crippen LogP contribution in [0.15, 0.2) is 84.9 Å². The Bertz CT molecular complexity index is 2090. The van der Waals surface area contributed by atoms with Gasteiger partial charge in [-0.25, -0.2) is 4.98 Å². The van der Waals surface area contributed by atoms with Crippen molar-refractivity contribution in [2.24, 2.45) is 0 Å². The van der Waals surface area contributed by atoms with E-state index in [1.165, 1.54) is 27.9 Å². The normalized spacial score (nSPS) is 24.2. The highest BCUT2D eigenvalue weighted by atomic mass is 16.3. The summed E-state index contributed by atoms with van der Waals surface area (Å²) in [7, 11) is 0. The van der Waals surface area contributed by atoms with E-state index in [1.807, 2.05) is 24.3 Å². The van der Waals surface area contributed by atoms with Crippen LogP contribution in [0.4, 0.5) is 11.5 Å². The maximum absolute atomic E-state index is 13.1. The number of aryl methyl sites for hydroxylation is 1. The van der Waals surface area contributed by atoms with Crippen LogP contribution in [-0.2, 0) is 22.6 Å². The van der Waals surface area contributed by atoms with Crippen LogP contribution in [0.25, 0.3) is 0 Å². The molecule has 3 aromatic carbocycles. The van der Waals surface area contributed by atoms with Crippen molar-refractivity contribution in [3.63, 3.8) is 0 Å². The van der Waals surface area contributed by atoms with Gasteiger partial charge in [0.15, 0.2) is 5.78 Å². The zero-order chi connectivity index (χ0) is 37.7. The van der Waals surface area contributed by atoms with Crippen molar-refractivity contribution in [1.29, 1.82) is 0 Å². The third-order valence-electron chi connectivity index (χ3n) is 12.9. The van der Waals surface area contributed by atoms with Gasteiger partial charge in [0.1, 0.15) is 17.4 Å². The lowest BCUT2D eigenvalue weighted by Gasteiger charge is -2.44. The largest absolute Gasteiger partial charge is 0.508 e. The molecule has 5 aliphatic rings. The first-order valence-corrected chi connectivity index (χ1v) is 20.0. The molecule has 284 valence electrons. The van der Waals surface area contributed by atoms with Crippen LogP contribution in [0.5, 0.6) is 5.75 Å². The highest BCUT2D eigenvalue weighted by Gasteiger charge is 2.40. The Morgan fingerprint density at radius 2 is 1.53 bits per heavy atom. The number of aromatic hydroxyl groups is 1. The molecule has 4 heterocycles. The monoisotopic (exact) mass is 739 g/mol. The number of rotatable bonds is 7. The zero-order valence-electron chi connectivity index (χ0n) is 31.3. The number of hydrogen-bond donors (Lipinski definition) is 2. The topological polar surface area (TPSA) is 118 Å². The van der Waals surface area contributed by atoms with Gasteiger partial charge < -0.3 is 24.9 Å². The molecule has 2 saturated heterocycles. The summed E-state index contributed by atoms with van der Waals surface area (Å²) in [6.45, 7) is 5.72. The lowest BCUT2D eigenvalue weighted by Crippen LogP contribution is -2.55. The number of piperidine rings is 1. The fourth-order valence-electron chi connectivity index (χ4n) is 9.87. The van der Waals surface area contributed by atoms with E-state index in [-0.39, 0.29) is 29.8 Å². The van der Waals surface area contributed by atoms with Crippen molar-refractivity contribution in [2.75, 3.05) is 55.6 Å². The van der Waals surface area contributed by atoms with E-state index < -0.39 is 11.6 Å². The summed E-state index contributed by atoms with van der Waals surface area (Å²) in [4.78, 5) is 50.9. The molecule has 3 atom stereocenters. The quantitative estimate of drug-likeness (QED) is 0.239. The van der Waals surface area contributed by atoms with E-state index in [4.69, 9.17) is 4.98 Å². The van der Waals surface area contributed by atoms with Gasteiger partial charge in [-0.3, -0.25) is 19.3 Å². The number of β-amino-alcohol motifs (C(OH)–C–C–N with tert-alkyl or cyclic N) is 1. The van der Waals surface area contributed by atoms with Gasteiger partial charge in [-0.05, 0) is 96.7 Å². The van der Waals surface area contributed by atoms with Crippen molar-refractivity contribution in [3.8, 4) is 5.75 Å². The van der Waals surface area contributed by atoms with Crippen LogP contribution in [0.1, 0.15) is 88.7 Å². The summed E-state index contributed by atoms with van der Waals surface area (Å²) in [5, 5.41) is 22.0. The standard InChI is InChI=1S/C45H49N5O5/c51-34-11-14-37-32(26-34)8-13-36(30-4-2-1-3-5-30)43(37)31-6-9-33(10-7-31)48-20-18-45(55,19-21-48)29-47-22-24-49(25-23-47)42-17-15-38-39(46-42)28-50(44(38)54)40-16-12-35(52)27-41(40)53/h1-7,9-11,14-15,17,26,36,40,43,51,55H,8,12-13,16,18-25,27-29H2/t36-,40?,43+/m1/s1. The second-order valence-electron chi connectivity index (χ2n) is 16.3. The minimum absolute atomic E-state index is 0.0489. The van der Waals surface area contributed by atoms with Crippen LogP contribution >= 0.6 is 0 Å². The number of fused-ring (bicyclic) bond motifs is 2. The van der Waals surface area contributed by atoms with E-state index in [9.17, 15) is 24.6 Å². The molecule has 1 saturated carbocycles. The first-order chi connectivity index (χ1) is 26.7. The molecule has 55 heavy (non-hydrogen) atoms. The minimum Gasteiger partial charge on any atom is -0.508 e. The number of phenolic OH excluding ortho intramolecular Hbond substituents is 1. The Kier molecular flexibility index (Phi) is 9.42. The third-order valence-corrected chi connectivity index (χ3v) is 12.9. The van der Waals surface area contributed by atoms with Crippen molar-refractivity contribution in [1.82, 2.24) is 14.8 Å². The molecule has 3 aliphatic heterocycles. The molecule has 1 aromatic heterocycles. The number of phenols is 1. The van der Waals surface area contributed by atoms with Crippen LogP contribution in [0.2, 0.25) is 0 Å². The first-order valence-electron chi connectivity index (χ1n) is 20.0.